The molecule has 0 fully saturated rings. The third-order valence-corrected chi connectivity index (χ3v) is 4.77. The number of hydrogen-bond acceptors (Lipinski definition) is 6. The van der Waals surface area contributed by atoms with Crippen LogP contribution in [0.3, 0.4) is 0 Å². The predicted octanol–water partition coefficient (Wildman–Crippen LogP) is 4.23. The molecule has 2 aromatic carbocycles. The number of hydrogen-bond donors (Lipinski definition) is 1. The lowest BCUT2D eigenvalue weighted by atomic mass is 9.86. The summed E-state index contributed by atoms with van der Waals surface area (Å²) >= 11 is 0. The monoisotopic (exact) mass is 425 g/mol. The van der Waals surface area contributed by atoms with Gasteiger partial charge in [0.05, 0.1) is 19.2 Å². The van der Waals surface area contributed by atoms with Gasteiger partial charge in [-0.15, -0.1) is 0 Å². The molecular formula is C24H27NO6. The summed E-state index contributed by atoms with van der Waals surface area (Å²) in [6, 6.07) is 13.5. The topological polar surface area (TPSA) is 87.0 Å². The van der Waals surface area contributed by atoms with Crippen molar-refractivity contribution in [2.24, 2.45) is 0 Å². The molecule has 3 rings (SSSR count). The summed E-state index contributed by atoms with van der Waals surface area (Å²) < 4.78 is 17.2. The molecule has 1 N–H and O–H groups in total. The Bertz CT molecular complexity index is 1090. The van der Waals surface area contributed by atoms with Crippen LogP contribution in [0.2, 0.25) is 0 Å². The predicted molar refractivity (Wildman–Crippen MR) is 116 cm³/mol. The number of esters is 1. The average Bonchev–Trinajstić information content (AvgIpc) is 3.12. The normalized spacial score (nSPS) is 13.5. The van der Waals surface area contributed by atoms with Gasteiger partial charge >= 0.3 is 12.1 Å². The molecule has 164 valence electrons. The van der Waals surface area contributed by atoms with Crippen molar-refractivity contribution in [3.05, 3.63) is 65.9 Å². The zero-order valence-corrected chi connectivity index (χ0v) is 18.3. The van der Waals surface area contributed by atoms with Crippen LogP contribution in [0.1, 0.15) is 38.8 Å². The van der Waals surface area contributed by atoms with Crippen molar-refractivity contribution in [1.82, 2.24) is 4.57 Å². The fourth-order valence-corrected chi connectivity index (χ4v) is 3.38. The number of rotatable bonds is 5. The van der Waals surface area contributed by atoms with Gasteiger partial charge < -0.3 is 19.3 Å². The number of para-hydroxylation sites is 1. The van der Waals surface area contributed by atoms with Gasteiger partial charge in [0.15, 0.2) is 0 Å². The Labute approximate surface area is 181 Å². The third-order valence-electron chi connectivity index (χ3n) is 4.77. The van der Waals surface area contributed by atoms with Crippen molar-refractivity contribution in [3.8, 4) is 5.75 Å². The van der Waals surface area contributed by atoms with Gasteiger partial charge in [-0.25, -0.2) is 9.59 Å². The van der Waals surface area contributed by atoms with Gasteiger partial charge in [0.1, 0.15) is 11.4 Å². The van der Waals surface area contributed by atoms with E-state index in [4.69, 9.17) is 14.2 Å². The first-order chi connectivity index (χ1) is 14.6. The van der Waals surface area contributed by atoms with Crippen molar-refractivity contribution in [2.45, 2.75) is 38.9 Å². The molecule has 0 aliphatic heterocycles. The number of ether oxygens (including phenoxy) is 3. The Kier molecular flexibility index (Phi) is 6.08. The largest absolute Gasteiger partial charge is 0.497 e. The lowest BCUT2D eigenvalue weighted by Crippen LogP contribution is -2.38. The van der Waals surface area contributed by atoms with E-state index in [0.29, 0.717) is 22.2 Å². The summed E-state index contributed by atoms with van der Waals surface area (Å²) in [7, 11) is 1.53. The van der Waals surface area contributed by atoms with Crippen LogP contribution in [0.4, 0.5) is 4.79 Å². The number of carbonyl (C=O) groups is 2. The Balaban J connectivity index is 2.25. The molecule has 7 nitrogen and oxygen atoms in total. The van der Waals surface area contributed by atoms with Crippen LogP contribution in [0.5, 0.6) is 5.75 Å². The average molecular weight is 425 g/mol. The highest BCUT2D eigenvalue weighted by atomic mass is 16.6. The van der Waals surface area contributed by atoms with Crippen LogP contribution in [0, 0.1) is 0 Å². The van der Waals surface area contributed by atoms with E-state index in [1.165, 1.54) is 17.9 Å². The minimum absolute atomic E-state index is 0.0853. The SMILES string of the molecule is CCOC(=O)[C@@](O)(c1ccc(OC)cc1)c1cn(C(=O)OC(C)(C)C)c2ccccc12. The maximum atomic E-state index is 13.0. The fourth-order valence-electron chi connectivity index (χ4n) is 3.38. The molecule has 0 bridgehead atoms. The van der Waals surface area contributed by atoms with Gasteiger partial charge in [-0.3, -0.25) is 4.57 Å². The van der Waals surface area contributed by atoms with Crippen LogP contribution >= 0.6 is 0 Å². The van der Waals surface area contributed by atoms with Gasteiger partial charge in [0.25, 0.3) is 0 Å². The maximum absolute atomic E-state index is 13.0. The molecule has 1 atom stereocenters. The van der Waals surface area contributed by atoms with Crippen molar-refractivity contribution >= 4 is 23.0 Å². The van der Waals surface area contributed by atoms with Gasteiger partial charge in [0, 0.05) is 17.1 Å². The Morgan fingerprint density at radius 3 is 2.26 bits per heavy atom. The highest BCUT2D eigenvalue weighted by Crippen LogP contribution is 2.38. The Hall–Kier alpha value is -3.32. The molecule has 0 saturated heterocycles. The molecule has 0 aliphatic rings. The highest BCUT2D eigenvalue weighted by Gasteiger charge is 2.44. The molecule has 1 aromatic heterocycles. The van der Waals surface area contributed by atoms with Gasteiger partial charge in [0.2, 0.25) is 5.60 Å². The van der Waals surface area contributed by atoms with Crippen LogP contribution in [-0.2, 0) is 19.9 Å². The van der Waals surface area contributed by atoms with Crippen molar-refractivity contribution in [2.75, 3.05) is 13.7 Å². The number of aromatic nitrogens is 1. The second-order valence-corrected chi connectivity index (χ2v) is 8.07. The van der Waals surface area contributed by atoms with E-state index >= 15 is 0 Å². The number of carbonyl (C=O) groups excluding carboxylic acids is 2. The number of benzene rings is 2. The molecule has 0 aliphatic carbocycles. The summed E-state index contributed by atoms with van der Waals surface area (Å²) in [4.78, 5) is 25.9. The van der Waals surface area contributed by atoms with Crippen molar-refractivity contribution in [1.29, 1.82) is 0 Å². The standard InChI is InChI=1S/C24H27NO6/c1-6-30-21(26)24(28,16-11-13-17(29-5)14-12-16)19-15-25(22(27)31-23(2,3)4)20-10-8-7-9-18(19)20/h7-15,28H,6H2,1-5H3/t24-/m1/s1. The lowest BCUT2D eigenvalue weighted by molar-refractivity contribution is -0.161. The van der Waals surface area contributed by atoms with Gasteiger partial charge in [-0.05, 0) is 51.5 Å². The molecule has 0 unspecified atom stereocenters. The number of fused-ring (bicyclic) bond motifs is 1. The molecule has 0 saturated carbocycles. The Morgan fingerprint density at radius 1 is 1.03 bits per heavy atom. The molecule has 31 heavy (non-hydrogen) atoms. The first kappa shape index (κ1) is 22.4. The van der Waals surface area contributed by atoms with Crippen LogP contribution in [-0.4, -0.2) is 41.1 Å². The smallest absolute Gasteiger partial charge is 0.419 e. The summed E-state index contributed by atoms with van der Waals surface area (Å²) in [6.07, 6.45) is 0.816. The highest BCUT2D eigenvalue weighted by molar-refractivity contribution is 5.98. The number of methoxy groups -OCH3 is 1. The van der Waals surface area contributed by atoms with E-state index < -0.39 is 23.3 Å². The molecule has 3 aromatic rings. The second kappa shape index (κ2) is 8.43. The van der Waals surface area contributed by atoms with Crippen molar-refractivity contribution in [3.63, 3.8) is 0 Å². The van der Waals surface area contributed by atoms with E-state index in [0.717, 1.165) is 0 Å². The minimum Gasteiger partial charge on any atom is -0.497 e. The number of aliphatic hydroxyl groups is 1. The van der Waals surface area contributed by atoms with Gasteiger partial charge in [-0.1, -0.05) is 30.3 Å². The van der Waals surface area contributed by atoms with Crippen molar-refractivity contribution < 1.29 is 28.9 Å². The zero-order valence-electron chi connectivity index (χ0n) is 18.3. The first-order valence-corrected chi connectivity index (χ1v) is 10.00. The molecular weight excluding hydrogens is 398 g/mol. The van der Waals surface area contributed by atoms with E-state index in [-0.39, 0.29) is 12.2 Å². The van der Waals surface area contributed by atoms with Crippen LogP contribution in [0.15, 0.2) is 54.7 Å². The maximum Gasteiger partial charge on any atom is 0.419 e. The van der Waals surface area contributed by atoms with Gasteiger partial charge in [-0.2, -0.15) is 0 Å². The quantitative estimate of drug-likeness (QED) is 0.616. The van der Waals surface area contributed by atoms with E-state index in [1.807, 2.05) is 0 Å². The molecule has 0 amide bonds. The minimum atomic E-state index is -2.14. The summed E-state index contributed by atoms with van der Waals surface area (Å²) in [5.74, 6) is -0.265. The van der Waals surface area contributed by atoms with E-state index in [9.17, 15) is 14.7 Å². The Morgan fingerprint density at radius 2 is 1.68 bits per heavy atom. The summed E-state index contributed by atoms with van der Waals surface area (Å²) in [5, 5.41) is 12.3. The lowest BCUT2D eigenvalue weighted by Gasteiger charge is -2.26. The zero-order chi connectivity index (χ0) is 22.8. The summed E-state index contributed by atoms with van der Waals surface area (Å²) in [6.45, 7) is 7.05. The summed E-state index contributed by atoms with van der Waals surface area (Å²) in [5.41, 5.74) is -1.84. The van der Waals surface area contributed by atoms with E-state index in [1.54, 1.807) is 76.2 Å². The molecule has 0 radical (unpaired) electrons. The second-order valence-electron chi connectivity index (χ2n) is 8.07. The molecule has 7 heteroatoms. The van der Waals surface area contributed by atoms with E-state index in [2.05, 4.69) is 0 Å². The molecule has 1 heterocycles. The molecule has 0 spiro atoms. The fraction of sp³-hybridized carbons (Fsp3) is 0.333. The van der Waals surface area contributed by atoms with Crippen LogP contribution < -0.4 is 4.74 Å². The van der Waals surface area contributed by atoms with Crippen LogP contribution in [0.25, 0.3) is 10.9 Å². The first-order valence-electron chi connectivity index (χ1n) is 10.00. The number of nitrogens with zero attached hydrogens (tertiary/aromatic N) is 1. The third kappa shape index (κ3) is 4.27.